The van der Waals surface area contributed by atoms with Gasteiger partial charge in [0.25, 0.3) is 0 Å². The number of rotatable bonds is 12. The fourth-order valence-electron chi connectivity index (χ4n) is 10.6. The topological polar surface area (TPSA) is 138 Å². The number of H-pyrrole nitrogens is 1. The zero-order chi connectivity index (χ0) is 37.8. The summed E-state index contributed by atoms with van der Waals surface area (Å²) in [5.41, 5.74) is 8.77. The number of nitrogens with zero attached hydrogens (tertiary/aromatic N) is 6. The average Bonchev–Trinajstić information content (AvgIpc) is 3.60. The van der Waals surface area contributed by atoms with E-state index in [4.69, 9.17) is 36.1 Å². The Morgan fingerprint density at radius 3 is 2.33 bits per heavy atom. The van der Waals surface area contributed by atoms with Crippen molar-refractivity contribution in [3.63, 3.8) is 0 Å². The molecule has 13 nitrogen and oxygen atoms in total. The first-order chi connectivity index (χ1) is 26.7. The zero-order valence-corrected chi connectivity index (χ0v) is 33.3. The highest BCUT2D eigenvalue weighted by atomic mass is 35.5. The molecule has 4 aliphatic heterocycles. The molecule has 9 rings (SSSR count). The molecule has 3 aromatic heterocycles. The smallest absolute Gasteiger partial charge is 0.316 e. The fraction of sp³-hybridized carbons (Fsp3) is 0.683. The van der Waals surface area contributed by atoms with Crippen LogP contribution in [0.1, 0.15) is 89.7 Å². The van der Waals surface area contributed by atoms with Crippen molar-refractivity contribution in [2.24, 2.45) is 11.8 Å². The van der Waals surface area contributed by atoms with Gasteiger partial charge in [-0.1, -0.05) is 30.6 Å². The summed E-state index contributed by atoms with van der Waals surface area (Å²) in [5, 5.41) is 4.94. The van der Waals surface area contributed by atoms with Gasteiger partial charge in [0.2, 0.25) is 5.88 Å². The van der Waals surface area contributed by atoms with Crippen molar-refractivity contribution < 1.29 is 23.5 Å². The highest BCUT2D eigenvalue weighted by molar-refractivity contribution is 6.30. The average molecular weight is 777 g/mol. The number of esters is 1. The number of hydrogen-bond donors (Lipinski definition) is 2. The number of carbonyl (C=O) groups excluding carboxylic acids is 1. The molecule has 0 amide bonds. The minimum absolute atomic E-state index is 0.0710. The summed E-state index contributed by atoms with van der Waals surface area (Å²) in [6.07, 6.45) is 13.9. The Morgan fingerprint density at radius 1 is 0.964 bits per heavy atom. The molecule has 7 heterocycles. The van der Waals surface area contributed by atoms with E-state index in [1.54, 1.807) is 0 Å². The second kappa shape index (κ2) is 15.0. The molecule has 298 valence electrons. The van der Waals surface area contributed by atoms with E-state index in [-0.39, 0.29) is 24.1 Å². The number of anilines is 4. The summed E-state index contributed by atoms with van der Waals surface area (Å²) in [4.78, 5) is 30.1. The van der Waals surface area contributed by atoms with Crippen LogP contribution >= 0.6 is 11.6 Å². The van der Waals surface area contributed by atoms with E-state index in [1.807, 2.05) is 32.2 Å². The number of hydrogen-bond acceptors (Lipinski definition) is 12. The standard InChI is InChI=1S/C41H57ClN8O5/c1-25(2)38(40(51)52-3)34-22-36(46-55-34)47-14-7-26(8-15-47)41(11-12-41)49-16-9-30(10-17-49)53-31-19-32(20-31)54-37-18-27(6-13-44-37)50-28-4-5-29(50)24-48(23-28)33-21-35(42)45-39(33)43/h6,13,18,21-22,25-26,28-32,38,45H,4-5,7-12,14-17,19-20,23-24,43H2,1-3H3/t28?,29?,31-,32-,38?. The van der Waals surface area contributed by atoms with Crippen LogP contribution in [0, 0.1) is 11.8 Å². The van der Waals surface area contributed by atoms with Gasteiger partial charge in [-0.2, -0.15) is 0 Å². The monoisotopic (exact) mass is 776 g/mol. The number of piperidine rings is 2. The highest BCUT2D eigenvalue weighted by Crippen LogP contribution is 2.52. The van der Waals surface area contributed by atoms with Crippen molar-refractivity contribution in [1.29, 1.82) is 0 Å². The van der Waals surface area contributed by atoms with Crippen molar-refractivity contribution in [1.82, 2.24) is 20.0 Å². The van der Waals surface area contributed by atoms with E-state index in [2.05, 4.69) is 46.9 Å². The summed E-state index contributed by atoms with van der Waals surface area (Å²) in [6.45, 7) is 10.0. The third-order valence-electron chi connectivity index (χ3n) is 13.7. The molecular formula is C41H57ClN8O5. The molecule has 0 aromatic carbocycles. The molecule has 0 spiro atoms. The SMILES string of the molecule is COC(=O)C(c1cc(N2CCC(C3(N4CCC(O[C@H]5C[C@H](Oc6cc(N7C8CCC7CN(c7cc(Cl)[nH]c7N)C8)ccn6)C5)CC4)CC3)CC2)no1)C(C)C. The van der Waals surface area contributed by atoms with Crippen LogP contribution in [0.25, 0.3) is 0 Å². The highest BCUT2D eigenvalue weighted by Gasteiger charge is 2.54. The van der Waals surface area contributed by atoms with Crippen LogP contribution in [0.5, 0.6) is 5.88 Å². The minimum Gasteiger partial charge on any atom is -0.474 e. The maximum Gasteiger partial charge on any atom is 0.316 e. The molecule has 3 unspecified atom stereocenters. The first-order valence-corrected chi connectivity index (χ1v) is 21.0. The van der Waals surface area contributed by atoms with Gasteiger partial charge in [-0.3, -0.25) is 9.69 Å². The van der Waals surface area contributed by atoms with Crippen LogP contribution < -0.4 is 25.2 Å². The molecule has 14 heteroatoms. The number of ether oxygens (including phenoxy) is 3. The molecule has 3 atom stereocenters. The number of likely N-dealkylation sites (tertiary alicyclic amines) is 1. The molecule has 3 aromatic rings. The molecule has 2 bridgehead atoms. The van der Waals surface area contributed by atoms with E-state index in [9.17, 15) is 4.79 Å². The number of methoxy groups -OCH3 is 1. The van der Waals surface area contributed by atoms with Gasteiger partial charge < -0.3 is 44.2 Å². The van der Waals surface area contributed by atoms with Gasteiger partial charge in [0.15, 0.2) is 11.6 Å². The van der Waals surface area contributed by atoms with Crippen LogP contribution in [0.3, 0.4) is 0 Å². The third-order valence-corrected chi connectivity index (χ3v) is 13.9. The molecule has 4 saturated heterocycles. The number of nitrogen functional groups attached to an aromatic ring is 1. The number of aromatic nitrogens is 3. The first-order valence-electron chi connectivity index (χ1n) is 20.7. The van der Waals surface area contributed by atoms with Crippen LogP contribution in [0.15, 0.2) is 35.0 Å². The van der Waals surface area contributed by atoms with E-state index < -0.39 is 5.92 Å². The Balaban J connectivity index is 0.710. The van der Waals surface area contributed by atoms with Crippen molar-refractivity contribution in [2.45, 2.75) is 120 Å². The molecule has 6 aliphatic rings. The zero-order valence-electron chi connectivity index (χ0n) is 32.5. The number of nitrogens with two attached hydrogens (primary N) is 1. The second-order valence-electron chi connectivity index (χ2n) is 17.3. The van der Waals surface area contributed by atoms with E-state index in [0.717, 1.165) is 102 Å². The van der Waals surface area contributed by atoms with Gasteiger partial charge in [0, 0.05) is 99.8 Å². The Bertz CT molecular complexity index is 1790. The normalized spacial score (nSPS) is 27.7. The minimum atomic E-state index is -0.434. The summed E-state index contributed by atoms with van der Waals surface area (Å²) in [6, 6.07) is 8.96. The number of aromatic amines is 1. The Hall–Kier alpha value is -3.68. The lowest BCUT2D eigenvalue weighted by atomic mass is 9.85. The van der Waals surface area contributed by atoms with Gasteiger partial charge in [0.1, 0.15) is 23.0 Å². The quantitative estimate of drug-likeness (QED) is 0.201. The predicted molar refractivity (Wildman–Crippen MR) is 212 cm³/mol. The molecule has 6 fully saturated rings. The largest absolute Gasteiger partial charge is 0.474 e. The summed E-state index contributed by atoms with van der Waals surface area (Å²) in [5.74, 6) is 2.84. The lowest BCUT2D eigenvalue weighted by Gasteiger charge is -2.45. The summed E-state index contributed by atoms with van der Waals surface area (Å²) >= 11 is 6.20. The first kappa shape index (κ1) is 36.9. The van der Waals surface area contributed by atoms with Gasteiger partial charge in [-0.25, -0.2) is 4.98 Å². The van der Waals surface area contributed by atoms with Gasteiger partial charge in [-0.15, -0.1) is 0 Å². The van der Waals surface area contributed by atoms with Crippen LogP contribution in [-0.4, -0.2) is 108 Å². The molecular weight excluding hydrogens is 720 g/mol. The lowest BCUT2D eigenvalue weighted by molar-refractivity contribution is -0.144. The number of fused-ring (bicyclic) bond motifs is 2. The van der Waals surface area contributed by atoms with Crippen molar-refractivity contribution in [2.75, 3.05) is 66.8 Å². The maximum atomic E-state index is 12.4. The van der Waals surface area contributed by atoms with Gasteiger partial charge >= 0.3 is 5.97 Å². The maximum absolute atomic E-state index is 12.4. The Labute approximate surface area is 329 Å². The Morgan fingerprint density at radius 2 is 1.69 bits per heavy atom. The number of piperazine rings is 1. The molecule has 2 aliphatic carbocycles. The number of halogens is 1. The predicted octanol–water partition coefficient (Wildman–Crippen LogP) is 6.24. The second-order valence-corrected chi connectivity index (χ2v) is 17.7. The lowest BCUT2D eigenvalue weighted by Crippen LogP contribution is -2.54. The van der Waals surface area contributed by atoms with Gasteiger partial charge in [0.05, 0.1) is 25.0 Å². The molecule has 2 saturated carbocycles. The van der Waals surface area contributed by atoms with E-state index in [0.29, 0.717) is 52.3 Å². The number of carbonyl (C=O) groups is 1. The number of pyridine rings is 1. The van der Waals surface area contributed by atoms with Gasteiger partial charge in [-0.05, 0) is 69.3 Å². The summed E-state index contributed by atoms with van der Waals surface area (Å²) < 4.78 is 23.7. The van der Waals surface area contributed by atoms with Crippen molar-refractivity contribution in [3.05, 3.63) is 41.4 Å². The van der Waals surface area contributed by atoms with Crippen LogP contribution in [0.2, 0.25) is 5.15 Å². The summed E-state index contributed by atoms with van der Waals surface area (Å²) in [7, 11) is 1.43. The van der Waals surface area contributed by atoms with Crippen LogP contribution in [0.4, 0.5) is 23.0 Å². The van der Waals surface area contributed by atoms with E-state index >= 15 is 0 Å². The molecule has 3 N–H and O–H groups in total. The van der Waals surface area contributed by atoms with Crippen molar-refractivity contribution >= 4 is 40.6 Å². The fourth-order valence-corrected chi connectivity index (χ4v) is 10.8. The third kappa shape index (κ3) is 7.25. The molecule has 55 heavy (non-hydrogen) atoms. The Kier molecular flexibility index (Phi) is 10.1. The number of nitrogens with one attached hydrogen (secondary N) is 1. The molecule has 0 radical (unpaired) electrons. The van der Waals surface area contributed by atoms with E-state index in [1.165, 1.54) is 25.6 Å². The van der Waals surface area contributed by atoms with Crippen molar-refractivity contribution in [3.8, 4) is 5.88 Å². The van der Waals surface area contributed by atoms with Crippen LogP contribution in [-0.2, 0) is 14.3 Å².